The number of nitrogens with one attached hydrogen (secondary N) is 1. The Morgan fingerprint density at radius 1 is 1.40 bits per heavy atom. The third kappa shape index (κ3) is 2.99. The van der Waals surface area contributed by atoms with Crippen molar-refractivity contribution in [2.45, 2.75) is 52.3 Å². The summed E-state index contributed by atoms with van der Waals surface area (Å²) < 4.78 is 5.77. The largest absolute Gasteiger partial charge is 0.378 e. The lowest BCUT2D eigenvalue weighted by atomic mass is 9.64. The van der Waals surface area contributed by atoms with E-state index in [9.17, 15) is 0 Å². The van der Waals surface area contributed by atoms with Crippen LogP contribution in [0.15, 0.2) is 18.2 Å². The van der Waals surface area contributed by atoms with Crippen LogP contribution in [0.2, 0.25) is 10.0 Å². The molecular formula is C16H23Cl2NO. The molecule has 1 N–H and O–H groups in total. The monoisotopic (exact) mass is 315 g/mol. The summed E-state index contributed by atoms with van der Waals surface area (Å²) in [5.74, 6) is 0. The normalized spacial score (nSPS) is 26.1. The third-order valence-electron chi connectivity index (χ3n) is 4.44. The van der Waals surface area contributed by atoms with Gasteiger partial charge in [0, 0.05) is 24.1 Å². The van der Waals surface area contributed by atoms with Crippen LogP contribution in [0.25, 0.3) is 0 Å². The van der Waals surface area contributed by atoms with Crippen molar-refractivity contribution in [1.82, 2.24) is 5.32 Å². The molecule has 0 bridgehead atoms. The number of hydrogen-bond donors (Lipinski definition) is 1. The molecule has 1 fully saturated rings. The molecule has 1 aliphatic rings. The van der Waals surface area contributed by atoms with Gasteiger partial charge in [0.2, 0.25) is 0 Å². The minimum Gasteiger partial charge on any atom is -0.378 e. The van der Waals surface area contributed by atoms with Crippen LogP contribution in [0.1, 0.15) is 45.7 Å². The maximum absolute atomic E-state index is 6.29. The van der Waals surface area contributed by atoms with Gasteiger partial charge < -0.3 is 10.1 Å². The molecule has 2 rings (SSSR count). The standard InChI is InChI=1S/C16H23Cl2NO/c1-5-20-14-9-13(16(14,3)4)19-10(2)11-7-6-8-12(17)15(11)18/h6-8,10,13-14,19H,5,9H2,1-4H3. The highest BCUT2D eigenvalue weighted by Crippen LogP contribution is 2.44. The predicted molar refractivity (Wildman–Crippen MR) is 85.6 cm³/mol. The Kier molecular flexibility index (Phi) is 5.01. The molecule has 0 saturated heterocycles. The fourth-order valence-corrected chi connectivity index (χ4v) is 3.37. The van der Waals surface area contributed by atoms with Gasteiger partial charge in [-0.05, 0) is 31.9 Å². The number of hydrogen-bond acceptors (Lipinski definition) is 2. The van der Waals surface area contributed by atoms with Crippen molar-refractivity contribution in [3.05, 3.63) is 33.8 Å². The summed E-state index contributed by atoms with van der Waals surface area (Å²) in [6.07, 6.45) is 1.38. The number of rotatable bonds is 5. The van der Waals surface area contributed by atoms with E-state index in [1.54, 1.807) is 0 Å². The van der Waals surface area contributed by atoms with Crippen molar-refractivity contribution >= 4 is 23.2 Å². The van der Waals surface area contributed by atoms with E-state index in [1.165, 1.54) is 0 Å². The maximum atomic E-state index is 6.29. The second kappa shape index (κ2) is 6.23. The Labute approximate surface area is 131 Å². The highest BCUT2D eigenvalue weighted by molar-refractivity contribution is 6.42. The molecule has 1 aliphatic carbocycles. The van der Waals surface area contributed by atoms with Gasteiger partial charge >= 0.3 is 0 Å². The summed E-state index contributed by atoms with van der Waals surface area (Å²) >= 11 is 12.4. The molecule has 3 atom stereocenters. The van der Waals surface area contributed by atoms with Gasteiger partial charge in [0.05, 0.1) is 16.1 Å². The van der Waals surface area contributed by atoms with Gasteiger partial charge in [-0.15, -0.1) is 0 Å². The lowest BCUT2D eigenvalue weighted by Crippen LogP contribution is -2.61. The van der Waals surface area contributed by atoms with Crippen LogP contribution in [0.5, 0.6) is 0 Å². The van der Waals surface area contributed by atoms with Crippen LogP contribution in [0.4, 0.5) is 0 Å². The van der Waals surface area contributed by atoms with Crippen molar-refractivity contribution < 1.29 is 4.74 Å². The van der Waals surface area contributed by atoms with E-state index in [1.807, 2.05) is 25.1 Å². The van der Waals surface area contributed by atoms with E-state index in [4.69, 9.17) is 27.9 Å². The summed E-state index contributed by atoms with van der Waals surface area (Å²) in [7, 11) is 0. The van der Waals surface area contributed by atoms with Gasteiger partial charge in [-0.2, -0.15) is 0 Å². The van der Waals surface area contributed by atoms with Crippen molar-refractivity contribution in [2.24, 2.45) is 5.41 Å². The number of ether oxygens (including phenoxy) is 1. The number of halogens is 2. The first-order chi connectivity index (χ1) is 9.37. The lowest BCUT2D eigenvalue weighted by molar-refractivity contribution is -0.116. The summed E-state index contributed by atoms with van der Waals surface area (Å²) in [4.78, 5) is 0. The highest BCUT2D eigenvalue weighted by atomic mass is 35.5. The summed E-state index contributed by atoms with van der Waals surface area (Å²) in [5, 5.41) is 4.91. The molecule has 1 aromatic rings. The van der Waals surface area contributed by atoms with Crippen molar-refractivity contribution in [1.29, 1.82) is 0 Å². The zero-order valence-corrected chi connectivity index (χ0v) is 14.1. The van der Waals surface area contributed by atoms with Gasteiger partial charge in [0.25, 0.3) is 0 Å². The van der Waals surface area contributed by atoms with Gasteiger partial charge in [-0.3, -0.25) is 0 Å². The average Bonchev–Trinajstić information content (AvgIpc) is 2.40. The molecule has 0 aromatic heterocycles. The minimum absolute atomic E-state index is 0.148. The van der Waals surface area contributed by atoms with Crippen molar-refractivity contribution in [3.63, 3.8) is 0 Å². The van der Waals surface area contributed by atoms with Crippen LogP contribution >= 0.6 is 23.2 Å². The van der Waals surface area contributed by atoms with Gasteiger partial charge in [-0.1, -0.05) is 49.2 Å². The fraction of sp³-hybridized carbons (Fsp3) is 0.625. The predicted octanol–water partition coefficient (Wildman–Crippen LogP) is 4.85. The molecule has 4 heteroatoms. The first kappa shape index (κ1) is 16.1. The van der Waals surface area contributed by atoms with Crippen molar-refractivity contribution in [2.75, 3.05) is 6.61 Å². The summed E-state index contributed by atoms with van der Waals surface area (Å²) in [6.45, 7) is 9.45. The highest BCUT2D eigenvalue weighted by Gasteiger charge is 2.49. The molecule has 112 valence electrons. The zero-order valence-electron chi connectivity index (χ0n) is 12.5. The van der Waals surface area contributed by atoms with E-state index >= 15 is 0 Å². The fourth-order valence-electron chi connectivity index (χ4n) is 2.90. The first-order valence-electron chi connectivity index (χ1n) is 7.19. The Bertz CT molecular complexity index is 476. The lowest BCUT2D eigenvalue weighted by Gasteiger charge is -2.52. The van der Waals surface area contributed by atoms with Crippen LogP contribution in [-0.2, 0) is 4.74 Å². The van der Waals surface area contributed by atoms with E-state index in [0.717, 1.165) is 18.6 Å². The second-order valence-electron chi connectivity index (χ2n) is 6.09. The van der Waals surface area contributed by atoms with Crippen molar-refractivity contribution in [3.8, 4) is 0 Å². The molecule has 1 aromatic carbocycles. The minimum atomic E-state index is 0.148. The Morgan fingerprint density at radius 2 is 2.10 bits per heavy atom. The molecule has 0 amide bonds. The van der Waals surface area contributed by atoms with E-state index in [2.05, 4.69) is 26.1 Å². The van der Waals surface area contributed by atoms with E-state index in [0.29, 0.717) is 22.2 Å². The average molecular weight is 316 g/mol. The quantitative estimate of drug-likeness (QED) is 0.838. The smallest absolute Gasteiger partial charge is 0.0655 e. The number of benzene rings is 1. The molecule has 0 radical (unpaired) electrons. The zero-order chi connectivity index (χ0) is 14.9. The maximum Gasteiger partial charge on any atom is 0.0655 e. The molecule has 0 aliphatic heterocycles. The van der Waals surface area contributed by atoms with Crippen LogP contribution in [0, 0.1) is 5.41 Å². The van der Waals surface area contributed by atoms with Crippen LogP contribution in [-0.4, -0.2) is 18.8 Å². The third-order valence-corrected chi connectivity index (χ3v) is 5.28. The van der Waals surface area contributed by atoms with Crippen LogP contribution < -0.4 is 5.32 Å². The topological polar surface area (TPSA) is 21.3 Å². The van der Waals surface area contributed by atoms with E-state index in [-0.39, 0.29) is 11.5 Å². The van der Waals surface area contributed by atoms with E-state index < -0.39 is 0 Å². The molecular weight excluding hydrogens is 293 g/mol. The molecule has 0 heterocycles. The molecule has 3 unspecified atom stereocenters. The summed E-state index contributed by atoms with van der Waals surface area (Å²) in [6, 6.07) is 6.39. The van der Waals surface area contributed by atoms with Gasteiger partial charge in [0.1, 0.15) is 0 Å². The molecule has 2 nitrogen and oxygen atoms in total. The molecule has 20 heavy (non-hydrogen) atoms. The summed E-state index contributed by atoms with van der Waals surface area (Å²) in [5.41, 5.74) is 1.20. The Balaban J connectivity index is 2.03. The Morgan fingerprint density at radius 3 is 2.70 bits per heavy atom. The molecule has 0 spiro atoms. The van der Waals surface area contributed by atoms with Crippen LogP contribution in [0.3, 0.4) is 0 Å². The first-order valence-corrected chi connectivity index (χ1v) is 7.95. The second-order valence-corrected chi connectivity index (χ2v) is 6.87. The van der Waals surface area contributed by atoms with Gasteiger partial charge in [0.15, 0.2) is 0 Å². The van der Waals surface area contributed by atoms with Gasteiger partial charge in [-0.25, -0.2) is 0 Å². The Hall–Kier alpha value is -0.280. The SMILES string of the molecule is CCOC1CC(NC(C)c2cccc(Cl)c2Cl)C1(C)C. The molecule has 1 saturated carbocycles.